The van der Waals surface area contributed by atoms with Crippen LogP contribution in [0.2, 0.25) is 0 Å². The SMILES string of the molecule is Cc1cc(C(N)C2CC3CCC(C2)N3C)cs1. The first-order valence-electron chi connectivity index (χ1n) is 6.67. The Bertz CT molecular complexity index is 387. The summed E-state index contributed by atoms with van der Waals surface area (Å²) in [6.07, 6.45) is 5.35. The Morgan fingerprint density at radius 3 is 2.53 bits per heavy atom. The summed E-state index contributed by atoms with van der Waals surface area (Å²) in [6, 6.07) is 4.13. The molecule has 0 aliphatic carbocycles. The molecule has 3 heterocycles. The molecule has 0 saturated carbocycles. The summed E-state index contributed by atoms with van der Waals surface area (Å²) < 4.78 is 0. The quantitative estimate of drug-likeness (QED) is 0.874. The zero-order chi connectivity index (χ0) is 12.0. The van der Waals surface area contributed by atoms with E-state index in [9.17, 15) is 0 Å². The highest BCUT2D eigenvalue weighted by Gasteiger charge is 2.40. The predicted molar refractivity (Wildman–Crippen MR) is 73.3 cm³/mol. The van der Waals surface area contributed by atoms with E-state index >= 15 is 0 Å². The molecule has 2 saturated heterocycles. The van der Waals surface area contributed by atoms with E-state index < -0.39 is 0 Å². The van der Waals surface area contributed by atoms with E-state index in [4.69, 9.17) is 5.73 Å². The van der Waals surface area contributed by atoms with Gasteiger partial charge in [0.15, 0.2) is 0 Å². The number of thiophene rings is 1. The minimum absolute atomic E-state index is 0.261. The number of fused-ring (bicyclic) bond motifs is 2. The highest BCUT2D eigenvalue weighted by Crippen LogP contribution is 2.42. The van der Waals surface area contributed by atoms with Gasteiger partial charge in [-0.15, -0.1) is 11.3 Å². The number of hydrogen-bond acceptors (Lipinski definition) is 3. The summed E-state index contributed by atoms with van der Waals surface area (Å²) in [5.41, 5.74) is 7.83. The van der Waals surface area contributed by atoms with E-state index in [1.807, 2.05) is 11.3 Å². The van der Waals surface area contributed by atoms with Gasteiger partial charge >= 0.3 is 0 Å². The van der Waals surface area contributed by atoms with Gasteiger partial charge in [-0.1, -0.05) is 0 Å². The lowest BCUT2D eigenvalue weighted by Gasteiger charge is -2.38. The average Bonchev–Trinajstić information content (AvgIpc) is 2.79. The molecular weight excluding hydrogens is 228 g/mol. The number of rotatable bonds is 2. The van der Waals surface area contributed by atoms with Crippen LogP contribution in [0.5, 0.6) is 0 Å². The molecule has 0 aromatic carbocycles. The molecule has 94 valence electrons. The Morgan fingerprint density at radius 1 is 1.35 bits per heavy atom. The molecule has 0 spiro atoms. The second-order valence-corrected chi connectivity index (χ2v) is 6.91. The number of aryl methyl sites for hydroxylation is 1. The second kappa shape index (κ2) is 4.38. The molecule has 2 aliphatic rings. The van der Waals surface area contributed by atoms with Crippen molar-refractivity contribution < 1.29 is 0 Å². The van der Waals surface area contributed by atoms with Gasteiger partial charge in [0.1, 0.15) is 0 Å². The van der Waals surface area contributed by atoms with Crippen molar-refractivity contribution in [1.29, 1.82) is 0 Å². The van der Waals surface area contributed by atoms with E-state index in [2.05, 4.69) is 30.3 Å². The normalized spacial score (nSPS) is 35.1. The van der Waals surface area contributed by atoms with E-state index in [-0.39, 0.29) is 6.04 Å². The fraction of sp³-hybridized carbons (Fsp3) is 0.714. The largest absolute Gasteiger partial charge is 0.324 e. The van der Waals surface area contributed by atoms with Crippen molar-refractivity contribution in [1.82, 2.24) is 4.90 Å². The van der Waals surface area contributed by atoms with Crippen LogP contribution >= 0.6 is 11.3 Å². The lowest BCUT2D eigenvalue weighted by Crippen LogP contribution is -2.42. The van der Waals surface area contributed by atoms with Crippen LogP contribution in [0.4, 0.5) is 0 Å². The standard InChI is InChI=1S/C14H22N2S/c1-9-5-11(8-17-9)14(15)10-6-12-3-4-13(7-10)16(12)2/h5,8,10,12-14H,3-4,6-7,15H2,1-2H3. The van der Waals surface area contributed by atoms with Crippen molar-refractivity contribution in [3.05, 3.63) is 21.9 Å². The molecule has 2 bridgehead atoms. The van der Waals surface area contributed by atoms with Crippen molar-refractivity contribution in [3.8, 4) is 0 Å². The van der Waals surface area contributed by atoms with Crippen LogP contribution in [0.1, 0.15) is 42.2 Å². The average molecular weight is 250 g/mol. The third kappa shape index (κ3) is 2.05. The number of nitrogens with two attached hydrogens (primary N) is 1. The highest BCUT2D eigenvalue weighted by molar-refractivity contribution is 7.10. The molecule has 1 aromatic rings. The summed E-state index contributed by atoms with van der Waals surface area (Å²) in [4.78, 5) is 3.97. The van der Waals surface area contributed by atoms with Crippen molar-refractivity contribution >= 4 is 11.3 Å². The summed E-state index contributed by atoms with van der Waals surface area (Å²) in [7, 11) is 2.29. The molecule has 2 nitrogen and oxygen atoms in total. The van der Waals surface area contributed by atoms with Gasteiger partial charge in [-0.25, -0.2) is 0 Å². The first-order valence-corrected chi connectivity index (χ1v) is 7.55. The fourth-order valence-corrected chi connectivity index (χ4v) is 4.41. The molecule has 3 heteroatoms. The van der Waals surface area contributed by atoms with Gasteiger partial charge in [-0.2, -0.15) is 0 Å². The van der Waals surface area contributed by atoms with Crippen LogP contribution in [-0.4, -0.2) is 24.0 Å². The van der Waals surface area contributed by atoms with Crippen molar-refractivity contribution in [2.45, 2.75) is 50.7 Å². The maximum atomic E-state index is 6.47. The number of nitrogens with zero attached hydrogens (tertiary/aromatic N) is 1. The third-order valence-electron chi connectivity index (χ3n) is 4.78. The Hall–Kier alpha value is -0.380. The molecule has 1 aromatic heterocycles. The molecule has 3 unspecified atom stereocenters. The summed E-state index contributed by atoms with van der Waals surface area (Å²) in [6.45, 7) is 2.17. The molecule has 3 atom stereocenters. The maximum Gasteiger partial charge on any atom is 0.0333 e. The smallest absolute Gasteiger partial charge is 0.0333 e. The minimum atomic E-state index is 0.261. The zero-order valence-electron chi connectivity index (χ0n) is 10.7. The van der Waals surface area contributed by atoms with Crippen LogP contribution in [-0.2, 0) is 0 Å². The van der Waals surface area contributed by atoms with E-state index in [0.717, 1.165) is 12.1 Å². The molecule has 2 fully saturated rings. The number of hydrogen-bond donors (Lipinski definition) is 1. The van der Waals surface area contributed by atoms with Crippen LogP contribution in [0.25, 0.3) is 0 Å². The highest BCUT2D eigenvalue weighted by atomic mass is 32.1. The molecule has 0 amide bonds. The van der Waals surface area contributed by atoms with Gasteiger partial charge in [-0.05, 0) is 62.6 Å². The number of piperidine rings is 1. The molecule has 17 heavy (non-hydrogen) atoms. The summed E-state index contributed by atoms with van der Waals surface area (Å²) >= 11 is 1.82. The maximum absolute atomic E-state index is 6.47. The Morgan fingerprint density at radius 2 is 2.00 bits per heavy atom. The first kappa shape index (κ1) is 11.7. The van der Waals surface area contributed by atoms with Crippen LogP contribution < -0.4 is 5.73 Å². The summed E-state index contributed by atoms with van der Waals surface area (Å²) in [5, 5.41) is 2.25. The lowest BCUT2D eigenvalue weighted by molar-refractivity contribution is 0.121. The Labute approximate surface area is 108 Å². The van der Waals surface area contributed by atoms with Gasteiger partial charge in [-0.3, -0.25) is 0 Å². The van der Waals surface area contributed by atoms with Gasteiger partial charge in [0, 0.05) is 23.0 Å². The van der Waals surface area contributed by atoms with Gasteiger partial charge in [0.2, 0.25) is 0 Å². The predicted octanol–water partition coefficient (Wildman–Crippen LogP) is 2.93. The van der Waals surface area contributed by atoms with Crippen LogP contribution in [0, 0.1) is 12.8 Å². The Balaban J connectivity index is 1.74. The minimum Gasteiger partial charge on any atom is -0.324 e. The Kier molecular flexibility index (Phi) is 3.01. The monoisotopic (exact) mass is 250 g/mol. The first-order chi connectivity index (χ1) is 8.15. The van der Waals surface area contributed by atoms with E-state index in [1.54, 1.807) is 0 Å². The molecular formula is C14H22N2S. The zero-order valence-corrected chi connectivity index (χ0v) is 11.5. The summed E-state index contributed by atoms with van der Waals surface area (Å²) in [5.74, 6) is 0.692. The third-order valence-corrected chi connectivity index (χ3v) is 5.66. The van der Waals surface area contributed by atoms with Crippen LogP contribution in [0.3, 0.4) is 0 Å². The lowest BCUT2D eigenvalue weighted by atomic mass is 9.83. The van der Waals surface area contributed by atoms with Crippen molar-refractivity contribution in [2.75, 3.05) is 7.05 Å². The molecule has 2 aliphatic heterocycles. The van der Waals surface area contributed by atoms with Crippen molar-refractivity contribution in [2.24, 2.45) is 11.7 Å². The van der Waals surface area contributed by atoms with Crippen molar-refractivity contribution in [3.63, 3.8) is 0 Å². The second-order valence-electron chi connectivity index (χ2n) is 5.80. The van der Waals surface area contributed by atoms with Gasteiger partial charge in [0.05, 0.1) is 0 Å². The van der Waals surface area contributed by atoms with E-state index in [0.29, 0.717) is 5.92 Å². The van der Waals surface area contributed by atoms with Gasteiger partial charge in [0.25, 0.3) is 0 Å². The topological polar surface area (TPSA) is 29.3 Å². The van der Waals surface area contributed by atoms with Gasteiger partial charge < -0.3 is 10.6 Å². The molecule has 2 N–H and O–H groups in total. The molecule has 0 radical (unpaired) electrons. The van der Waals surface area contributed by atoms with Crippen LogP contribution in [0.15, 0.2) is 11.4 Å². The fourth-order valence-electron chi connectivity index (χ4n) is 3.66. The van der Waals surface area contributed by atoms with E-state index in [1.165, 1.54) is 36.1 Å². The molecule has 3 rings (SSSR count).